The molecular weight excluding hydrogens is 224 g/mol. The van der Waals surface area contributed by atoms with Crippen molar-refractivity contribution in [2.45, 2.75) is 0 Å². The first kappa shape index (κ1) is 10.5. The van der Waals surface area contributed by atoms with Gasteiger partial charge in [0, 0.05) is 44.3 Å². The average molecular weight is 238 g/mol. The van der Waals surface area contributed by atoms with E-state index in [1.165, 1.54) is 0 Å². The number of hydrogen-bond acceptors (Lipinski definition) is 4. The molecule has 0 saturated heterocycles. The first-order valence-corrected chi connectivity index (χ1v) is 5.64. The van der Waals surface area contributed by atoms with E-state index >= 15 is 0 Å². The molecule has 4 nitrogen and oxygen atoms in total. The summed E-state index contributed by atoms with van der Waals surface area (Å²) in [4.78, 5) is 0. The molecule has 90 valence electrons. The van der Waals surface area contributed by atoms with Crippen molar-refractivity contribution in [1.29, 1.82) is 0 Å². The first-order chi connectivity index (χ1) is 8.61. The number of rotatable bonds is 0. The molecule has 3 rings (SSSR count). The Hall–Kier alpha value is -2.62. The lowest BCUT2D eigenvalue weighted by Gasteiger charge is -2.14. The number of benzene rings is 3. The Labute approximate surface area is 104 Å². The number of nitrogen functional groups attached to an aromatic ring is 4. The van der Waals surface area contributed by atoms with Gasteiger partial charge >= 0.3 is 0 Å². The predicted octanol–water partition coefficient (Wildman–Crippen LogP) is 2.32. The third-order valence-corrected chi connectivity index (χ3v) is 3.32. The maximum atomic E-state index is 6.20. The van der Waals surface area contributed by atoms with Crippen LogP contribution in [0, 0.1) is 0 Å². The lowest BCUT2D eigenvalue weighted by molar-refractivity contribution is 1.71. The highest BCUT2D eigenvalue weighted by Gasteiger charge is 2.13. The fourth-order valence-electron chi connectivity index (χ4n) is 2.44. The van der Waals surface area contributed by atoms with Crippen LogP contribution in [0.3, 0.4) is 0 Å². The molecule has 0 spiro atoms. The zero-order valence-corrected chi connectivity index (χ0v) is 9.77. The summed E-state index contributed by atoms with van der Waals surface area (Å²) in [7, 11) is 0. The van der Waals surface area contributed by atoms with Gasteiger partial charge in [0.1, 0.15) is 0 Å². The lowest BCUT2D eigenvalue weighted by Crippen LogP contribution is -2.01. The summed E-state index contributed by atoms with van der Waals surface area (Å²) in [6.45, 7) is 0. The molecule has 3 aromatic rings. The standard InChI is InChI=1S/C14H14N4/c15-9-5-6-10(16)12-11(9)13(17)7-3-1-2-4-8(7)14(12)18/h1-6H,15-18H2. The minimum absolute atomic E-state index is 0.592. The quantitative estimate of drug-likeness (QED) is 0.274. The summed E-state index contributed by atoms with van der Waals surface area (Å²) in [6, 6.07) is 11.2. The second kappa shape index (κ2) is 3.43. The highest BCUT2D eigenvalue weighted by Crippen LogP contribution is 2.41. The van der Waals surface area contributed by atoms with Gasteiger partial charge in [-0.3, -0.25) is 0 Å². The van der Waals surface area contributed by atoms with Crippen molar-refractivity contribution in [2.24, 2.45) is 0 Å². The van der Waals surface area contributed by atoms with Gasteiger partial charge in [0.15, 0.2) is 0 Å². The normalized spacial score (nSPS) is 11.1. The first-order valence-electron chi connectivity index (χ1n) is 5.64. The van der Waals surface area contributed by atoms with E-state index in [1.54, 1.807) is 12.1 Å². The molecule has 0 fully saturated rings. The summed E-state index contributed by atoms with van der Waals surface area (Å²) >= 11 is 0. The van der Waals surface area contributed by atoms with Crippen LogP contribution >= 0.6 is 0 Å². The van der Waals surface area contributed by atoms with Gasteiger partial charge in [-0.25, -0.2) is 0 Å². The molecule has 0 aromatic heterocycles. The molecule has 0 atom stereocenters. The van der Waals surface area contributed by atoms with Crippen molar-refractivity contribution >= 4 is 44.3 Å². The summed E-state index contributed by atoms with van der Waals surface area (Å²) in [6.07, 6.45) is 0. The zero-order valence-electron chi connectivity index (χ0n) is 9.77. The predicted molar refractivity (Wildman–Crippen MR) is 79.1 cm³/mol. The van der Waals surface area contributed by atoms with Crippen LogP contribution in [0.5, 0.6) is 0 Å². The minimum atomic E-state index is 0.592. The Morgan fingerprint density at radius 1 is 0.556 bits per heavy atom. The minimum Gasteiger partial charge on any atom is -0.398 e. The molecule has 0 saturated carbocycles. The second-order valence-electron chi connectivity index (χ2n) is 4.37. The van der Waals surface area contributed by atoms with Crippen LogP contribution in [0.2, 0.25) is 0 Å². The summed E-state index contributed by atoms with van der Waals surface area (Å²) in [5.41, 5.74) is 26.8. The summed E-state index contributed by atoms with van der Waals surface area (Å²) in [5, 5.41) is 3.29. The molecule has 0 amide bonds. The summed E-state index contributed by atoms with van der Waals surface area (Å²) in [5.74, 6) is 0. The number of hydrogen-bond donors (Lipinski definition) is 4. The van der Waals surface area contributed by atoms with E-state index in [1.807, 2.05) is 24.3 Å². The van der Waals surface area contributed by atoms with E-state index in [2.05, 4.69) is 0 Å². The fourth-order valence-corrected chi connectivity index (χ4v) is 2.44. The van der Waals surface area contributed by atoms with Crippen LogP contribution in [-0.4, -0.2) is 0 Å². The van der Waals surface area contributed by atoms with Gasteiger partial charge in [0.25, 0.3) is 0 Å². The molecule has 0 aliphatic carbocycles. The third-order valence-electron chi connectivity index (χ3n) is 3.32. The molecule has 18 heavy (non-hydrogen) atoms. The van der Waals surface area contributed by atoms with E-state index in [-0.39, 0.29) is 0 Å². The van der Waals surface area contributed by atoms with Gasteiger partial charge in [-0.2, -0.15) is 0 Å². The van der Waals surface area contributed by atoms with Gasteiger partial charge in [-0.05, 0) is 12.1 Å². The molecule has 0 radical (unpaired) electrons. The van der Waals surface area contributed by atoms with E-state index in [4.69, 9.17) is 22.9 Å². The molecule has 0 aliphatic heterocycles. The van der Waals surface area contributed by atoms with Gasteiger partial charge in [0.05, 0.1) is 0 Å². The molecule has 0 aliphatic rings. The van der Waals surface area contributed by atoms with E-state index in [9.17, 15) is 0 Å². The number of anilines is 4. The van der Waals surface area contributed by atoms with Gasteiger partial charge in [-0.1, -0.05) is 24.3 Å². The largest absolute Gasteiger partial charge is 0.398 e. The Bertz CT molecular complexity index is 712. The number of nitrogens with two attached hydrogens (primary N) is 4. The highest BCUT2D eigenvalue weighted by atomic mass is 14.7. The molecule has 0 bridgehead atoms. The Balaban J connectivity index is 2.72. The monoisotopic (exact) mass is 238 g/mol. The highest BCUT2D eigenvalue weighted by molar-refractivity contribution is 6.24. The van der Waals surface area contributed by atoms with Crippen LogP contribution in [0.4, 0.5) is 22.7 Å². The Morgan fingerprint density at radius 2 is 0.944 bits per heavy atom. The maximum Gasteiger partial charge on any atom is 0.0496 e. The second-order valence-corrected chi connectivity index (χ2v) is 4.37. The fraction of sp³-hybridized carbons (Fsp3) is 0. The molecule has 0 unspecified atom stereocenters. The molecule has 8 N–H and O–H groups in total. The van der Waals surface area contributed by atoms with Crippen LogP contribution in [0.1, 0.15) is 0 Å². The maximum absolute atomic E-state index is 6.20. The topological polar surface area (TPSA) is 104 Å². The number of fused-ring (bicyclic) bond motifs is 2. The summed E-state index contributed by atoms with van der Waals surface area (Å²) < 4.78 is 0. The van der Waals surface area contributed by atoms with Crippen molar-refractivity contribution in [1.82, 2.24) is 0 Å². The Kier molecular flexibility index (Phi) is 2.01. The van der Waals surface area contributed by atoms with E-state index in [0.29, 0.717) is 22.7 Å². The van der Waals surface area contributed by atoms with Gasteiger partial charge in [0.2, 0.25) is 0 Å². The van der Waals surface area contributed by atoms with Crippen molar-refractivity contribution < 1.29 is 0 Å². The van der Waals surface area contributed by atoms with Crippen molar-refractivity contribution in [3.8, 4) is 0 Å². The van der Waals surface area contributed by atoms with Crippen LogP contribution < -0.4 is 22.9 Å². The van der Waals surface area contributed by atoms with E-state index < -0.39 is 0 Å². The van der Waals surface area contributed by atoms with Crippen molar-refractivity contribution in [2.75, 3.05) is 22.9 Å². The van der Waals surface area contributed by atoms with Gasteiger partial charge < -0.3 is 22.9 Å². The lowest BCUT2D eigenvalue weighted by atomic mass is 9.97. The van der Waals surface area contributed by atoms with E-state index in [0.717, 1.165) is 21.5 Å². The van der Waals surface area contributed by atoms with Crippen LogP contribution in [0.15, 0.2) is 36.4 Å². The van der Waals surface area contributed by atoms with Crippen LogP contribution in [0.25, 0.3) is 21.5 Å². The SMILES string of the molecule is Nc1ccc(N)c2c(N)c3ccccc3c(N)c12. The smallest absolute Gasteiger partial charge is 0.0496 e. The van der Waals surface area contributed by atoms with Crippen molar-refractivity contribution in [3.63, 3.8) is 0 Å². The molecule has 3 aromatic carbocycles. The van der Waals surface area contributed by atoms with Crippen LogP contribution in [-0.2, 0) is 0 Å². The molecule has 0 heterocycles. The average Bonchev–Trinajstić information content (AvgIpc) is 2.38. The Morgan fingerprint density at radius 3 is 1.33 bits per heavy atom. The molecular formula is C14H14N4. The third kappa shape index (κ3) is 1.20. The van der Waals surface area contributed by atoms with Gasteiger partial charge in [-0.15, -0.1) is 0 Å². The van der Waals surface area contributed by atoms with Crippen molar-refractivity contribution in [3.05, 3.63) is 36.4 Å². The molecule has 4 heteroatoms. The zero-order chi connectivity index (χ0) is 12.9.